The first-order valence-electron chi connectivity index (χ1n) is 6.42. The van der Waals surface area contributed by atoms with Crippen molar-refractivity contribution in [2.45, 2.75) is 33.0 Å². The normalized spacial score (nSPS) is 10.9. The molecule has 1 aromatic carbocycles. The van der Waals surface area contributed by atoms with E-state index in [-0.39, 0.29) is 0 Å². The second-order valence-electron chi connectivity index (χ2n) is 4.75. The first-order valence-corrected chi connectivity index (χ1v) is 6.42. The number of hydrogen-bond acceptors (Lipinski definition) is 4. The first kappa shape index (κ1) is 13.5. The lowest BCUT2D eigenvalue weighted by molar-refractivity contribution is 0.414. The van der Waals surface area contributed by atoms with Crippen molar-refractivity contribution in [2.24, 2.45) is 0 Å². The maximum Gasteiger partial charge on any atom is 0.164 e. The summed E-state index contributed by atoms with van der Waals surface area (Å²) in [6.07, 6.45) is 1.76. The predicted molar refractivity (Wildman–Crippen MR) is 74.1 cm³/mol. The topological polar surface area (TPSA) is 52.0 Å². The van der Waals surface area contributed by atoms with Crippen molar-refractivity contribution < 1.29 is 4.74 Å². The van der Waals surface area contributed by atoms with E-state index in [2.05, 4.69) is 35.3 Å². The Kier molecular flexibility index (Phi) is 4.52. The summed E-state index contributed by atoms with van der Waals surface area (Å²) in [6.45, 7) is 5.61. The molecule has 0 atom stereocenters. The van der Waals surface area contributed by atoms with Crippen LogP contribution in [0.25, 0.3) is 0 Å². The highest BCUT2D eigenvalue weighted by Gasteiger charge is 2.03. The van der Waals surface area contributed by atoms with Crippen molar-refractivity contribution in [3.8, 4) is 5.75 Å². The molecule has 1 N–H and O–H groups in total. The Balaban J connectivity index is 1.99. The van der Waals surface area contributed by atoms with Crippen LogP contribution in [0.1, 0.15) is 25.2 Å². The van der Waals surface area contributed by atoms with E-state index in [1.165, 1.54) is 0 Å². The lowest BCUT2D eigenvalue weighted by atomic mass is 10.2. The molecule has 0 fully saturated rings. The van der Waals surface area contributed by atoms with Crippen LogP contribution in [0.4, 0.5) is 0 Å². The van der Waals surface area contributed by atoms with Crippen LogP contribution in [0, 0.1) is 0 Å². The van der Waals surface area contributed by atoms with Gasteiger partial charge in [0, 0.05) is 6.04 Å². The van der Waals surface area contributed by atoms with Crippen LogP contribution in [0.15, 0.2) is 30.6 Å². The van der Waals surface area contributed by atoms with Gasteiger partial charge in [-0.25, -0.2) is 9.67 Å². The third-order valence-electron chi connectivity index (χ3n) is 2.73. The Labute approximate surface area is 113 Å². The largest absolute Gasteiger partial charge is 0.497 e. The van der Waals surface area contributed by atoms with Gasteiger partial charge in [0.2, 0.25) is 0 Å². The van der Waals surface area contributed by atoms with Crippen LogP contribution < -0.4 is 10.1 Å². The van der Waals surface area contributed by atoms with Gasteiger partial charge in [-0.05, 0) is 17.7 Å². The van der Waals surface area contributed by atoms with Crippen LogP contribution in [-0.4, -0.2) is 27.9 Å². The molecule has 0 amide bonds. The van der Waals surface area contributed by atoms with Crippen molar-refractivity contribution in [2.75, 3.05) is 7.11 Å². The third kappa shape index (κ3) is 4.06. The molecule has 0 saturated heterocycles. The molecule has 19 heavy (non-hydrogen) atoms. The van der Waals surface area contributed by atoms with Crippen molar-refractivity contribution in [1.29, 1.82) is 0 Å². The molecule has 0 unspecified atom stereocenters. The van der Waals surface area contributed by atoms with E-state index in [9.17, 15) is 0 Å². The predicted octanol–water partition coefficient (Wildman–Crippen LogP) is 1.83. The van der Waals surface area contributed by atoms with Gasteiger partial charge < -0.3 is 10.1 Å². The van der Waals surface area contributed by atoms with Crippen LogP contribution in [0.2, 0.25) is 0 Å². The third-order valence-corrected chi connectivity index (χ3v) is 2.73. The number of rotatable bonds is 6. The molecular formula is C14H20N4O. The summed E-state index contributed by atoms with van der Waals surface area (Å²) in [4.78, 5) is 4.28. The van der Waals surface area contributed by atoms with Crippen LogP contribution >= 0.6 is 0 Å². The van der Waals surface area contributed by atoms with E-state index >= 15 is 0 Å². The van der Waals surface area contributed by atoms with Crippen LogP contribution in [0.3, 0.4) is 0 Å². The van der Waals surface area contributed by atoms with Gasteiger partial charge in [0.15, 0.2) is 5.82 Å². The summed E-state index contributed by atoms with van der Waals surface area (Å²) in [7, 11) is 1.67. The number of aromatic nitrogens is 3. The Morgan fingerprint density at radius 1 is 1.37 bits per heavy atom. The smallest absolute Gasteiger partial charge is 0.164 e. The lowest BCUT2D eigenvalue weighted by Crippen LogP contribution is -2.22. The van der Waals surface area contributed by atoms with E-state index in [1.54, 1.807) is 13.4 Å². The maximum atomic E-state index is 5.21. The van der Waals surface area contributed by atoms with E-state index in [0.717, 1.165) is 17.1 Å². The van der Waals surface area contributed by atoms with E-state index in [4.69, 9.17) is 4.74 Å². The van der Waals surface area contributed by atoms with Gasteiger partial charge >= 0.3 is 0 Å². The zero-order chi connectivity index (χ0) is 13.7. The van der Waals surface area contributed by atoms with Crippen LogP contribution in [0.5, 0.6) is 5.75 Å². The van der Waals surface area contributed by atoms with E-state index in [1.807, 2.05) is 22.9 Å². The van der Waals surface area contributed by atoms with Gasteiger partial charge in [0.1, 0.15) is 12.1 Å². The Hall–Kier alpha value is -1.88. The van der Waals surface area contributed by atoms with Crippen molar-refractivity contribution in [3.63, 3.8) is 0 Å². The van der Waals surface area contributed by atoms with Gasteiger partial charge in [-0.1, -0.05) is 26.0 Å². The maximum absolute atomic E-state index is 5.21. The summed E-state index contributed by atoms with van der Waals surface area (Å²) in [5.41, 5.74) is 1.15. The summed E-state index contributed by atoms with van der Waals surface area (Å²) >= 11 is 0. The van der Waals surface area contributed by atoms with Crippen LogP contribution in [-0.2, 0) is 13.1 Å². The molecule has 1 heterocycles. The minimum atomic E-state index is 0.435. The molecule has 0 bridgehead atoms. The Bertz CT molecular complexity index is 522. The zero-order valence-corrected chi connectivity index (χ0v) is 11.6. The fraction of sp³-hybridized carbons (Fsp3) is 0.429. The molecule has 1 aromatic heterocycles. The van der Waals surface area contributed by atoms with Gasteiger partial charge in [-0.2, -0.15) is 5.10 Å². The highest BCUT2D eigenvalue weighted by molar-refractivity contribution is 5.28. The molecule has 102 valence electrons. The Morgan fingerprint density at radius 2 is 2.21 bits per heavy atom. The molecule has 2 rings (SSSR count). The lowest BCUT2D eigenvalue weighted by Gasteiger charge is -2.05. The molecule has 2 aromatic rings. The number of ether oxygens (including phenoxy) is 1. The second kappa shape index (κ2) is 6.33. The molecule has 0 aliphatic heterocycles. The summed E-state index contributed by atoms with van der Waals surface area (Å²) < 4.78 is 7.05. The Morgan fingerprint density at radius 3 is 2.95 bits per heavy atom. The van der Waals surface area contributed by atoms with Gasteiger partial charge in [-0.15, -0.1) is 0 Å². The average Bonchev–Trinajstić information content (AvgIpc) is 2.84. The second-order valence-corrected chi connectivity index (χ2v) is 4.75. The molecule has 0 aliphatic rings. The molecule has 0 spiro atoms. The summed E-state index contributed by atoms with van der Waals surface area (Å²) in [5.74, 6) is 1.68. The molecule has 0 aliphatic carbocycles. The van der Waals surface area contributed by atoms with E-state index < -0.39 is 0 Å². The fourth-order valence-electron chi connectivity index (χ4n) is 1.74. The minimum Gasteiger partial charge on any atom is -0.497 e. The molecule has 0 radical (unpaired) electrons. The zero-order valence-electron chi connectivity index (χ0n) is 11.6. The quantitative estimate of drug-likeness (QED) is 0.861. The number of methoxy groups -OCH3 is 1. The fourth-order valence-corrected chi connectivity index (χ4v) is 1.74. The summed E-state index contributed by atoms with van der Waals surface area (Å²) in [6, 6.07) is 8.41. The standard InChI is InChI=1S/C14H20N4O/c1-11(2)15-8-14-16-10-18(17-14)9-12-5-4-6-13(7-12)19-3/h4-7,10-11,15H,8-9H2,1-3H3. The van der Waals surface area contributed by atoms with E-state index in [0.29, 0.717) is 19.1 Å². The molecule has 5 heteroatoms. The highest BCUT2D eigenvalue weighted by atomic mass is 16.5. The number of hydrogen-bond donors (Lipinski definition) is 1. The average molecular weight is 260 g/mol. The van der Waals surface area contributed by atoms with Gasteiger partial charge in [0.25, 0.3) is 0 Å². The monoisotopic (exact) mass is 260 g/mol. The van der Waals surface area contributed by atoms with Crippen molar-refractivity contribution >= 4 is 0 Å². The molecular weight excluding hydrogens is 240 g/mol. The SMILES string of the molecule is COc1cccc(Cn2cnc(CNC(C)C)n2)c1. The molecule has 5 nitrogen and oxygen atoms in total. The first-order chi connectivity index (χ1) is 9.17. The number of nitrogens with zero attached hydrogens (tertiary/aromatic N) is 3. The number of nitrogens with one attached hydrogen (secondary N) is 1. The molecule has 0 saturated carbocycles. The number of benzene rings is 1. The van der Waals surface area contributed by atoms with Gasteiger partial charge in [-0.3, -0.25) is 0 Å². The minimum absolute atomic E-state index is 0.435. The highest BCUT2D eigenvalue weighted by Crippen LogP contribution is 2.13. The summed E-state index contributed by atoms with van der Waals surface area (Å²) in [5, 5.41) is 7.73. The van der Waals surface area contributed by atoms with Crippen molar-refractivity contribution in [1.82, 2.24) is 20.1 Å². The van der Waals surface area contributed by atoms with Crippen molar-refractivity contribution in [3.05, 3.63) is 42.0 Å². The van der Waals surface area contributed by atoms with Gasteiger partial charge in [0.05, 0.1) is 20.2 Å².